The molecule has 0 spiro atoms. The molecule has 7 aromatic rings. The van der Waals surface area contributed by atoms with Crippen LogP contribution < -0.4 is 0 Å². The molecule has 0 fully saturated rings. The number of hydrogen-bond acceptors (Lipinski definition) is 3. The number of imidazole rings is 1. The summed E-state index contributed by atoms with van der Waals surface area (Å²) in [6.45, 7) is 4.32. The molecule has 0 unspecified atom stereocenters. The highest BCUT2D eigenvalue weighted by atomic mass is 16.3. The monoisotopic (exact) mass is 928 g/mol. The standard InChI is InChI=1S/C64H81N3O/c1-58(2,3)43-27-25-39(26-28-43)40-29-30-65-52(34-40)42-31-41(32-44(33-42)59(4,5)6)47-23-22-24-53-54(47)66-57(48-35-45(60(7,8)9)38-51(56(48)68)64(19,20)21)67(53)55-49(62(13,14)15)36-46(61(10,11)12)37-50(55)63(16,17)18/h22-38,68H,1-21H3/i7D3,8D3,9D3,19D3,20D3,21D3,35D,38D. The van der Waals surface area contributed by atoms with Crippen LogP contribution in [0.15, 0.2) is 103 Å². The summed E-state index contributed by atoms with van der Waals surface area (Å²) in [5.74, 6) is -2.29. The van der Waals surface area contributed by atoms with Crippen molar-refractivity contribution in [3.63, 3.8) is 0 Å². The minimum atomic E-state index is -4.43. The van der Waals surface area contributed by atoms with Crippen molar-refractivity contribution in [2.24, 2.45) is 0 Å². The summed E-state index contributed by atoms with van der Waals surface area (Å²) in [6, 6.07) is 23.8. The van der Waals surface area contributed by atoms with Gasteiger partial charge in [0.15, 0.2) is 0 Å². The van der Waals surface area contributed by atoms with E-state index >= 15 is 0 Å². The number of rotatable bonds is 5. The van der Waals surface area contributed by atoms with Gasteiger partial charge < -0.3 is 5.11 Å². The van der Waals surface area contributed by atoms with E-state index < -0.39 is 114 Å². The van der Waals surface area contributed by atoms with Crippen molar-refractivity contribution < 1.29 is 32.5 Å². The third-order valence-electron chi connectivity index (χ3n) is 12.7. The fraction of sp³-hybridized carbons (Fsp3) is 0.438. The van der Waals surface area contributed by atoms with Gasteiger partial charge in [-0.1, -0.05) is 206 Å². The predicted molar refractivity (Wildman–Crippen MR) is 293 cm³/mol. The molecule has 4 heteroatoms. The Labute approximate surface area is 438 Å². The van der Waals surface area contributed by atoms with E-state index in [0.29, 0.717) is 39.2 Å². The zero-order valence-corrected chi connectivity index (χ0v) is 42.4. The Morgan fingerprint density at radius 2 is 1.03 bits per heavy atom. The molecule has 7 rings (SSSR count). The van der Waals surface area contributed by atoms with Crippen LogP contribution in [0.25, 0.3) is 61.6 Å². The van der Waals surface area contributed by atoms with E-state index in [1.54, 1.807) is 24.4 Å². The summed E-state index contributed by atoms with van der Waals surface area (Å²) in [5.41, 5.74) is -7.56. The van der Waals surface area contributed by atoms with E-state index in [4.69, 9.17) is 34.6 Å². The molecule has 0 amide bonds. The number of nitrogens with zero attached hydrogens (tertiary/aromatic N) is 3. The Kier molecular flexibility index (Phi) is 7.50. The number of pyridine rings is 1. The predicted octanol–water partition coefficient (Wildman–Crippen LogP) is 17.9. The van der Waals surface area contributed by atoms with Gasteiger partial charge in [-0.25, -0.2) is 4.98 Å². The highest BCUT2D eigenvalue weighted by molar-refractivity contribution is 5.97. The lowest BCUT2D eigenvalue weighted by Gasteiger charge is -2.34. The average Bonchev–Trinajstić information content (AvgIpc) is 0.804. The van der Waals surface area contributed by atoms with E-state index in [2.05, 4.69) is 45.0 Å². The number of hydrogen-bond donors (Lipinski definition) is 1. The summed E-state index contributed by atoms with van der Waals surface area (Å²) in [7, 11) is 0. The van der Waals surface area contributed by atoms with Crippen molar-refractivity contribution in [1.29, 1.82) is 0 Å². The van der Waals surface area contributed by atoms with Gasteiger partial charge in [0.25, 0.3) is 0 Å². The number of benzene rings is 5. The molecule has 0 saturated heterocycles. The summed E-state index contributed by atoms with van der Waals surface area (Å²) in [6.07, 6.45) is 1.72. The van der Waals surface area contributed by atoms with Gasteiger partial charge in [0.05, 0.1) is 30.7 Å². The first-order valence-electron chi connectivity index (χ1n) is 33.2. The lowest BCUT2D eigenvalue weighted by Crippen LogP contribution is -2.25. The van der Waals surface area contributed by atoms with E-state index in [1.807, 2.05) is 126 Å². The Morgan fingerprint density at radius 1 is 0.471 bits per heavy atom. The van der Waals surface area contributed by atoms with Gasteiger partial charge in [-0.15, -0.1) is 0 Å². The highest BCUT2D eigenvalue weighted by Crippen LogP contribution is 2.48. The fourth-order valence-corrected chi connectivity index (χ4v) is 8.62. The van der Waals surface area contributed by atoms with Gasteiger partial charge in [0.1, 0.15) is 11.6 Å². The van der Waals surface area contributed by atoms with Crippen LogP contribution in [-0.4, -0.2) is 19.6 Å². The topological polar surface area (TPSA) is 50.9 Å². The molecule has 358 valence electrons. The average molecular weight is 928 g/mol. The Balaban J connectivity index is 1.85. The molecule has 0 radical (unpaired) electrons. The zero-order valence-electron chi connectivity index (χ0n) is 62.4. The second-order valence-corrected chi connectivity index (χ2v) is 23.6. The van der Waals surface area contributed by atoms with Gasteiger partial charge in [0.2, 0.25) is 0 Å². The molecule has 0 saturated carbocycles. The van der Waals surface area contributed by atoms with E-state index in [0.717, 1.165) is 27.8 Å². The molecule has 1 N–H and O–H groups in total. The number of phenolic OH excluding ortho intramolecular Hbond substituents is 1. The van der Waals surface area contributed by atoms with Crippen molar-refractivity contribution in [1.82, 2.24) is 14.5 Å². The molecule has 0 bridgehead atoms. The van der Waals surface area contributed by atoms with Crippen LogP contribution in [0.3, 0.4) is 0 Å². The minimum Gasteiger partial charge on any atom is -0.507 e. The molecule has 0 atom stereocenters. The smallest absolute Gasteiger partial charge is 0.149 e. The second-order valence-electron chi connectivity index (χ2n) is 23.6. The van der Waals surface area contributed by atoms with Crippen molar-refractivity contribution >= 4 is 11.0 Å². The van der Waals surface area contributed by atoms with Crippen molar-refractivity contribution in [2.75, 3.05) is 0 Å². The number of aromatic hydroxyl groups is 1. The third kappa shape index (κ3) is 9.99. The fourth-order valence-electron chi connectivity index (χ4n) is 8.62. The molecule has 4 nitrogen and oxygen atoms in total. The van der Waals surface area contributed by atoms with Crippen LogP contribution in [0.5, 0.6) is 5.75 Å². The van der Waals surface area contributed by atoms with Gasteiger partial charge in [-0.05, 0) is 124 Å². The van der Waals surface area contributed by atoms with Crippen LogP contribution in [0.1, 0.15) is 211 Å². The van der Waals surface area contributed by atoms with Crippen LogP contribution in [-0.2, 0) is 37.9 Å². The Hall–Kier alpha value is -5.48. The summed E-state index contributed by atoms with van der Waals surface area (Å²) in [5, 5.41) is 13.4. The SMILES string of the molecule is [2H]c1c(-c2nc3c(-c4cc(-c5cc(-c6ccc(C(C)(C)C)cc6)ccn5)cc(C(C)(C)C)c4)cccc3n2-c2c(C(C)(C)C)cc(C(C)(C)C)cc2C(C)(C)C)c(O)c(C(C([2H])([2H])[2H])(C([2H])([2H])[2H])C([2H])([2H])[2H])c([2H])c1C(C([2H])([2H])[2H])(C([2H])([2H])[2H])C([2H])([2H])[2H]. The molecule has 2 heterocycles. The highest BCUT2D eigenvalue weighted by Gasteiger charge is 2.35. The largest absolute Gasteiger partial charge is 0.507 e. The van der Waals surface area contributed by atoms with E-state index in [-0.39, 0.29) is 16.4 Å². The van der Waals surface area contributed by atoms with Crippen molar-refractivity contribution in [3.05, 3.63) is 142 Å². The summed E-state index contributed by atoms with van der Waals surface area (Å²) >= 11 is 0. The first-order chi connectivity index (χ1) is 39.4. The van der Waals surface area contributed by atoms with Crippen LogP contribution in [0.2, 0.25) is 0 Å². The van der Waals surface area contributed by atoms with Gasteiger partial charge in [0, 0.05) is 47.6 Å². The van der Waals surface area contributed by atoms with Crippen molar-refractivity contribution in [3.8, 4) is 56.3 Å². The number of aromatic nitrogens is 3. The molecular formula is C64H81N3O. The number of para-hydroxylation sites is 1. The first-order valence-corrected chi connectivity index (χ1v) is 23.2. The number of phenols is 1. The van der Waals surface area contributed by atoms with Gasteiger partial charge >= 0.3 is 0 Å². The maximum absolute atomic E-state index is 13.4. The number of fused-ring (bicyclic) bond motifs is 1. The zero-order chi connectivity index (χ0) is 67.2. The normalized spacial score (nSPS) is 18.9. The van der Waals surface area contributed by atoms with Gasteiger partial charge in [-0.2, -0.15) is 0 Å². The Bertz CT molecular complexity index is 3630. The molecule has 0 aliphatic rings. The maximum atomic E-state index is 13.4. The lowest BCUT2D eigenvalue weighted by molar-refractivity contribution is 0.446. The second kappa shape index (κ2) is 16.9. The molecule has 0 aliphatic carbocycles. The van der Waals surface area contributed by atoms with Crippen LogP contribution >= 0.6 is 0 Å². The van der Waals surface area contributed by atoms with Gasteiger partial charge in [-0.3, -0.25) is 9.55 Å². The molecule has 0 aliphatic heterocycles. The quantitative estimate of drug-likeness (QED) is 0.187. The van der Waals surface area contributed by atoms with Crippen LogP contribution in [0.4, 0.5) is 0 Å². The van der Waals surface area contributed by atoms with Crippen molar-refractivity contribution in [2.45, 2.75) is 183 Å². The molecule has 5 aromatic carbocycles. The molecular weight excluding hydrogens is 827 g/mol. The summed E-state index contributed by atoms with van der Waals surface area (Å²) in [4.78, 5) is 10.1. The minimum absolute atomic E-state index is 0.0793. The molecule has 2 aromatic heterocycles. The van der Waals surface area contributed by atoms with E-state index in [9.17, 15) is 7.85 Å². The molecule has 68 heavy (non-hydrogen) atoms. The summed E-state index contributed by atoms with van der Waals surface area (Å²) < 4.78 is 182. The van der Waals surface area contributed by atoms with E-state index in [1.165, 1.54) is 4.57 Å². The first kappa shape index (κ1) is 30.2. The maximum Gasteiger partial charge on any atom is 0.149 e. The lowest BCUT2D eigenvalue weighted by atomic mass is 9.74. The van der Waals surface area contributed by atoms with Crippen LogP contribution in [0, 0.1) is 0 Å². The third-order valence-corrected chi connectivity index (χ3v) is 12.7. The Morgan fingerprint density at radius 3 is 1.57 bits per heavy atom.